The summed E-state index contributed by atoms with van der Waals surface area (Å²) in [4.78, 5) is 55.7. The second-order valence-electron chi connectivity index (χ2n) is 14.4. The van der Waals surface area contributed by atoms with Crippen molar-refractivity contribution >= 4 is 49.3 Å². The van der Waals surface area contributed by atoms with Crippen LogP contribution in [0, 0.1) is 5.92 Å². The smallest absolute Gasteiger partial charge is 0.329 e. The molecule has 0 spiro atoms. The largest absolute Gasteiger partial charge is 0.458 e. The van der Waals surface area contributed by atoms with Crippen molar-refractivity contribution in [3.05, 3.63) is 63.9 Å². The molecule has 0 bridgehead atoms. The van der Waals surface area contributed by atoms with Gasteiger partial charge < -0.3 is 19.4 Å². The van der Waals surface area contributed by atoms with Gasteiger partial charge in [0.25, 0.3) is 11.7 Å². The summed E-state index contributed by atoms with van der Waals surface area (Å²) >= 11 is 1.25. The van der Waals surface area contributed by atoms with E-state index in [2.05, 4.69) is 52.2 Å². The molecule has 3 atom stereocenters. The second-order valence-corrected chi connectivity index (χ2v) is 20.3. The highest BCUT2D eigenvalue weighted by atomic mass is 32.1. The number of nitrogens with one attached hydrogen (secondary N) is 1. The number of carbonyl (C=O) groups is 4. The number of hydrogen-bond donors (Lipinski definition) is 1. The topological polar surface area (TPSA) is 102 Å². The van der Waals surface area contributed by atoms with Gasteiger partial charge in [0, 0.05) is 24.4 Å². The van der Waals surface area contributed by atoms with E-state index in [-0.39, 0.29) is 17.4 Å². The molecule has 1 aromatic carbocycles. The lowest BCUT2D eigenvalue weighted by atomic mass is 10.0. The van der Waals surface area contributed by atoms with Crippen molar-refractivity contribution in [2.45, 2.75) is 104 Å². The van der Waals surface area contributed by atoms with E-state index in [9.17, 15) is 19.2 Å². The molecule has 3 rings (SSSR count). The molecule has 1 fully saturated rings. The minimum Gasteiger partial charge on any atom is -0.458 e. The van der Waals surface area contributed by atoms with Gasteiger partial charge in [-0.3, -0.25) is 14.4 Å². The molecule has 45 heavy (non-hydrogen) atoms. The molecule has 10 heteroatoms. The van der Waals surface area contributed by atoms with E-state index in [1.165, 1.54) is 16.2 Å². The standard InChI is InChI=1S/C35H50N2O6SSi/c1-24(23-42-45(8,9)35(5,6)7)17-18-26-19-20-29(44-26)30(38)32(40)37-21-13-16-28(37)31(39)36-27(33(41)43-34(2,3)4)22-25-14-11-10-12-15-25/h10-12,14-15,17-20,24,27-28H,13,16,21-23H2,1-9H3,(H,36,39)/b18-17+/t24-,27+,28+/m1/s1. The fourth-order valence-corrected chi connectivity index (χ4v) is 6.60. The number of Topliss-reactive ketones (excluding diaryl/α,β-unsaturated/α-hetero) is 1. The fourth-order valence-electron chi connectivity index (χ4n) is 4.64. The van der Waals surface area contributed by atoms with Gasteiger partial charge in [-0.25, -0.2) is 4.79 Å². The number of nitrogens with zero attached hydrogens (tertiary/aromatic N) is 1. The number of benzene rings is 1. The van der Waals surface area contributed by atoms with E-state index in [1.807, 2.05) is 42.5 Å². The first kappa shape index (κ1) is 36.4. The average molecular weight is 655 g/mol. The number of likely N-dealkylation sites (tertiary alicyclic amines) is 1. The second kappa shape index (κ2) is 15.0. The molecule has 0 radical (unpaired) electrons. The molecule has 8 nitrogen and oxygen atoms in total. The molecular formula is C35H50N2O6SSi. The molecule has 2 heterocycles. The third kappa shape index (κ3) is 10.5. The summed E-state index contributed by atoms with van der Waals surface area (Å²) in [6.45, 7) is 19.4. The molecule has 0 saturated carbocycles. The van der Waals surface area contributed by atoms with Crippen LogP contribution in [0.15, 0.2) is 48.5 Å². The zero-order chi connectivity index (χ0) is 33.6. The lowest BCUT2D eigenvalue weighted by Gasteiger charge is -2.36. The Morgan fingerprint density at radius 2 is 1.71 bits per heavy atom. The highest BCUT2D eigenvalue weighted by molar-refractivity contribution is 7.15. The number of carbonyl (C=O) groups excluding carboxylic acids is 4. The van der Waals surface area contributed by atoms with E-state index in [0.717, 1.165) is 10.4 Å². The van der Waals surface area contributed by atoms with Crippen molar-refractivity contribution in [3.8, 4) is 0 Å². The SMILES string of the molecule is C[C@H](/C=C/c1ccc(C(=O)C(=O)N2CCC[C@H]2C(=O)N[C@@H](Cc2ccccc2)C(=O)OC(C)(C)C)s1)CO[Si](C)(C)C(C)(C)C. The number of rotatable bonds is 12. The maximum absolute atomic E-state index is 13.5. The van der Waals surface area contributed by atoms with Gasteiger partial charge in [-0.2, -0.15) is 0 Å². The Kier molecular flexibility index (Phi) is 12.1. The Bertz CT molecular complexity index is 1370. The van der Waals surface area contributed by atoms with E-state index in [0.29, 0.717) is 30.9 Å². The minimum atomic E-state index is -1.84. The molecule has 1 saturated heterocycles. The van der Waals surface area contributed by atoms with Gasteiger partial charge in [-0.1, -0.05) is 64.1 Å². The molecule has 1 aliphatic rings. The molecule has 0 aliphatic carbocycles. The zero-order valence-corrected chi connectivity index (χ0v) is 30.1. The van der Waals surface area contributed by atoms with Gasteiger partial charge in [0.1, 0.15) is 17.7 Å². The van der Waals surface area contributed by atoms with Gasteiger partial charge in [0.15, 0.2) is 8.32 Å². The third-order valence-electron chi connectivity index (χ3n) is 8.25. The maximum atomic E-state index is 13.5. The Morgan fingerprint density at radius 3 is 2.33 bits per heavy atom. The highest BCUT2D eigenvalue weighted by Crippen LogP contribution is 2.37. The molecule has 2 amide bonds. The van der Waals surface area contributed by atoms with Crippen LogP contribution in [0.5, 0.6) is 0 Å². The van der Waals surface area contributed by atoms with Crippen molar-refractivity contribution in [1.29, 1.82) is 0 Å². The van der Waals surface area contributed by atoms with Gasteiger partial charge >= 0.3 is 5.97 Å². The Balaban J connectivity index is 1.65. The van der Waals surface area contributed by atoms with Crippen molar-refractivity contribution in [2.24, 2.45) is 5.92 Å². The Hall–Kier alpha value is -3.08. The average Bonchev–Trinajstić information content (AvgIpc) is 3.63. The van der Waals surface area contributed by atoms with Crippen LogP contribution in [0.2, 0.25) is 18.1 Å². The predicted molar refractivity (Wildman–Crippen MR) is 183 cm³/mol. The minimum absolute atomic E-state index is 0.142. The number of ketones is 1. The van der Waals surface area contributed by atoms with E-state index < -0.39 is 49.6 Å². The fraction of sp³-hybridized carbons (Fsp3) is 0.543. The van der Waals surface area contributed by atoms with Crippen LogP contribution >= 0.6 is 11.3 Å². The van der Waals surface area contributed by atoms with Crippen molar-refractivity contribution < 1.29 is 28.3 Å². The summed E-state index contributed by atoms with van der Waals surface area (Å²) in [5.74, 6) is -2.17. The quantitative estimate of drug-likeness (QED) is 0.119. The number of ether oxygens (including phenoxy) is 1. The van der Waals surface area contributed by atoms with Gasteiger partial charge in [0.05, 0.1) is 4.88 Å². The molecule has 0 unspecified atom stereocenters. The van der Waals surface area contributed by atoms with E-state index >= 15 is 0 Å². The summed E-state index contributed by atoms with van der Waals surface area (Å²) in [7, 11) is -1.84. The number of hydrogen-bond acceptors (Lipinski definition) is 7. The molecule has 1 N–H and O–H groups in total. The van der Waals surface area contributed by atoms with Gasteiger partial charge in [0.2, 0.25) is 5.91 Å². The zero-order valence-electron chi connectivity index (χ0n) is 28.3. The molecule has 246 valence electrons. The van der Waals surface area contributed by atoms with Crippen molar-refractivity contribution in [2.75, 3.05) is 13.2 Å². The van der Waals surface area contributed by atoms with E-state index in [4.69, 9.17) is 9.16 Å². The van der Waals surface area contributed by atoms with Crippen LogP contribution in [0.4, 0.5) is 0 Å². The Labute approximate surface area is 273 Å². The lowest BCUT2D eigenvalue weighted by Crippen LogP contribution is -2.53. The van der Waals surface area contributed by atoms with Crippen LogP contribution in [0.1, 0.15) is 81.4 Å². The highest BCUT2D eigenvalue weighted by Gasteiger charge is 2.40. The summed E-state index contributed by atoms with van der Waals surface area (Å²) in [5.41, 5.74) is 0.132. The summed E-state index contributed by atoms with van der Waals surface area (Å²) < 4.78 is 11.9. The molecular weight excluding hydrogens is 605 g/mol. The summed E-state index contributed by atoms with van der Waals surface area (Å²) in [6.07, 6.45) is 5.26. The van der Waals surface area contributed by atoms with Gasteiger partial charge in [-0.15, -0.1) is 11.3 Å². The monoisotopic (exact) mass is 654 g/mol. The number of thiophene rings is 1. The number of esters is 1. The predicted octanol–water partition coefficient (Wildman–Crippen LogP) is 6.66. The summed E-state index contributed by atoms with van der Waals surface area (Å²) in [6, 6.07) is 11.1. The third-order valence-corrected chi connectivity index (χ3v) is 13.8. The van der Waals surface area contributed by atoms with E-state index in [1.54, 1.807) is 26.8 Å². The van der Waals surface area contributed by atoms with Crippen LogP contribution in [0.3, 0.4) is 0 Å². The first-order valence-corrected chi connectivity index (χ1v) is 19.4. The van der Waals surface area contributed by atoms with Crippen LogP contribution in [-0.2, 0) is 30.0 Å². The molecule has 2 aromatic rings. The number of amides is 2. The maximum Gasteiger partial charge on any atom is 0.329 e. The van der Waals surface area contributed by atoms with Crippen LogP contribution in [0.25, 0.3) is 6.08 Å². The molecule has 1 aromatic heterocycles. The van der Waals surface area contributed by atoms with Gasteiger partial charge in [-0.05, 0) is 81.4 Å². The Morgan fingerprint density at radius 1 is 1.04 bits per heavy atom. The van der Waals surface area contributed by atoms with Crippen molar-refractivity contribution in [3.63, 3.8) is 0 Å². The van der Waals surface area contributed by atoms with Crippen molar-refractivity contribution in [1.82, 2.24) is 10.2 Å². The summed E-state index contributed by atoms with van der Waals surface area (Å²) in [5, 5.41) is 2.96. The first-order chi connectivity index (χ1) is 20.9. The van der Waals surface area contributed by atoms with Crippen LogP contribution in [-0.4, -0.2) is 67.6 Å². The van der Waals surface area contributed by atoms with Crippen LogP contribution < -0.4 is 5.32 Å². The lowest BCUT2D eigenvalue weighted by molar-refractivity contribution is -0.159. The first-order valence-electron chi connectivity index (χ1n) is 15.7. The normalized spacial score (nSPS) is 17.3. The molecule has 1 aliphatic heterocycles.